The summed E-state index contributed by atoms with van der Waals surface area (Å²) in [6.45, 7) is 0.506. The Balaban J connectivity index is 1.78. The number of aromatic nitrogens is 1. The van der Waals surface area contributed by atoms with Gasteiger partial charge < -0.3 is 19.7 Å². The number of carbonyl (C=O) groups excluding carboxylic acids is 1. The molecule has 144 valence electrons. The SMILES string of the molecule is Cc1ccc(-c2ncco2)cc1NC(=O)N1C[C@@H](C(F)(F)F)[C@H](C(=O)O)C1. The Morgan fingerprint density at radius 3 is 2.63 bits per heavy atom. The van der Waals surface area contributed by atoms with Gasteiger partial charge in [0.15, 0.2) is 0 Å². The molecule has 1 aromatic carbocycles. The zero-order chi connectivity index (χ0) is 19.8. The number of likely N-dealkylation sites (tertiary alicyclic amines) is 1. The third-order valence-electron chi connectivity index (χ3n) is 4.50. The number of benzene rings is 1. The largest absolute Gasteiger partial charge is 0.481 e. The first-order valence-corrected chi connectivity index (χ1v) is 8.03. The van der Waals surface area contributed by atoms with Gasteiger partial charge in [-0.25, -0.2) is 9.78 Å². The monoisotopic (exact) mass is 383 g/mol. The second-order valence-corrected chi connectivity index (χ2v) is 6.29. The summed E-state index contributed by atoms with van der Waals surface area (Å²) in [6.07, 6.45) is -1.85. The number of amides is 2. The Hall–Kier alpha value is -3.04. The van der Waals surface area contributed by atoms with Gasteiger partial charge in [0, 0.05) is 24.3 Å². The molecule has 27 heavy (non-hydrogen) atoms. The van der Waals surface area contributed by atoms with Gasteiger partial charge in [-0.15, -0.1) is 0 Å². The van der Waals surface area contributed by atoms with Gasteiger partial charge in [0.05, 0.1) is 18.0 Å². The van der Waals surface area contributed by atoms with E-state index in [1.165, 1.54) is 12.5 Å². The number of rotatable bonds is 3. The van der Waals surface area contributed by atoms with E-state index in [-0.39, 0.29) is 0 Å². The number of carboxylic acid groups (broad SMARTS) is 1. The highest BCUT2D eigenvalue weighted by atomic mass is 19.4. The summed E-state index contributed by atoms with van der Waals surface area (Å²) >= 11 is 0. The highest BCUT2D eigenvalue weighted by Crippen LogP contribution is 2.38. The minimum absolute atomic E-state index is 0.328. The second-order valence-electron chi connectivity index (χ2n) is 6.29. The standard InChI is InChI=1S/C17H16F3N3O4/c1-9-2-3-10(14-21-4-5-27-14)6-13(9)22-16(26)23-7-11(15(24)25)12(8-23)17(18,19)20/h2-6,11-12H,7-8H2,1H3,(H,22,26)(H,24,25)/t11-,12-/m1/s1. The zero-order valence-electron chi connectivity index (χ0n) is 14.2. The molecule has 0 radical (unpaired) electrons. The van der Waals surface area contributed by atoms with E-state index in [1.807, 2.05) is 0 Å². The number of hydrogen-bond donors (Lipinski definition) is 2. The normalized spacial score (nSPS) is 19.9. The third-order valence-corrected chi connectivity index (χ3v) is 4.50. The first kappa shape index (κ1) is 18.7. The molecule has 1 aliphatic rings. The molecule has 3 rings (SSSR count). The van der Waals surface area contributed by atoms with E-state index in [0.29, 0.717) is 22.7 Å². The maximum Gasteiger partial charge on any atom is 0.394 e. The van der Waals surface area contributed by atoms with Crippen LogP contribution in [0.3, 0.4) is 0 Å². The summed E-state index contributed by atoms with van der Waals surface area (Å²) in [4.78, 5) is 28.4. The molecule has 2 atom stereocenters. The summed E-state index contributed by atoms with van der Waals surface area (Å²) < 4.78 is 44.4. The predicted molar refractivity (Wildman–Crippen MR) is 87.9 cm³/mol. The van der Waals surface area contributed by atoms with Crippen LogP contribution in [0.15, 0.2) is 35.1 Å². The molecule has 0 aliphatic carbocycles. The zero-order valence-corrected chi connectivity index (χ0v) is 14.2. The average molecular weight is 383 g/mol. The van der Waals surface area contributed by atoms with E-state index in [9.17, 15) is 22.8 Å². The van der Waals surface area contributed by atoms with E-state index in [1.54, 1.807) is 25.1 Å². The quantitative estimate of drug-likeness (QED) is 0.847. The van der Waals surface area contributed by atoms with Crippen LogP contribution in [0.2, 0.25) is 0 Å². The molecule has 1 fully saturated rings. The minimum Gasteiger partial charge on any atom is -0.481 e. The topological polar surface area (TPSA) is 95.7 Å². The van der Waals surface area contributed by atoms with Crippen molar-refractivity contribution in [3.8, 4) is 11.5 Å². The molecule has 0 spiro atoms. The molecular formula is C17H16F3N3O4. The van der Waals surface area contributed by atoms with Gasteiger partial charge in [0.2, 0.25) is 5.89 Å². The number of halogens is 3. The molecule has 1 saturated heterocycles. The number of carbonyl (C=O) groups is 2. The molecular weight excluding hydrogens is 367 g/mol. The number of anilines is 1. The lowest BCUT2D eigenvalue weighted by Crippen LogP contribution is -2.35. The van der Waals surface area contributed by atoms with Gasteiger partial charge in [-0.1, -0.05) is 6.07 Å². The summed E-state index contributed by atoms with van der Waals surface area (Å²) in [7, 11) is 0. The molecule has 1 aliphatic heterocycles. The van der Waals surface area contributed by atoms with E-state index in [2.05, 4.69) is 10.3 Å². The lowest BCUT2D eigenvalue weighted by molar-refractivity contribution is -0.187. The number of carboxylic acids is 1. The van der Waals surface area contributed by atoms with Crippen LogP contribution in [0.25, 0.3) is 11.5 Å². The van der Waals surface area contributed by atoms with E-state index < -0.39 is 43.1 Å². The summed E-state index contributed by atoms with van der Waals surface area (Å²) in [5, 5.41) is 11.6. The van der Waals surface area contributed by atoms with E-state index in [4.69, 9.17) is 9.52 Å². The number of hydrogen-bond acceptors (Lipinski definition) is 4. The molecule has 10 heteroatoms. The third kappa shape index (κ3) is 3.88. The fourth-order valence-corrected chi connectivity index (χ4v) is 3.00. The van der Waals surface area contributed by atoms with Crippen LogP contribution < -0.4 is 5.32 Å². The molecule has 1 aromatic heterocycles. The number of urea groups is 1. The van der Waals surface area contributed by atoms with Crippen LogP contribution in [-0.2, 0) is 4.79 Å². The lowest BCUT2D eigenvalue weighted by atomic mass is 9.96. The summed E-state index contributed by atoms with van der Waals surface area (Å²) in [5.41, 5.74) is 1.64. The number of oxazole rings is 1. The maximum absolute atomic E-state index is 13.1. The highest BCUT2D eigenvalue weighted by Gasteiger charge is 2.53. The Labute approximate surface area is 151 Å². The maximum atomic E-state index is 13.1. The second kappa shape index (κ2) is 6.93. The molecule has 0 bridgehead atoms. The number of nitrogens with one attached hydrogen (secondary N) is 1. The first-order chi connectivity index (χ1) is 12.7. The van der Waals surface area contributed by atoms with Crippen LogP contribution in [-0.4, -0.2) is 46.3 Å². The van der Waals surface area contributed by atoms with Gasteiger partial charge >= 0.3 is 18.2 Å². The lowest BCUT2D eigenvalue weighted by Gasteiger charge is -2.19. The van der Waals surface area contributed by atoms with Crippen LogP contribution >= 0.6 is 0 Å². The van der Waals surface area contributed by atoms with Gasteiger partial charge in [-0.05, 0) is 24.6 Å². The van der Waals surface area contributed by atoms with Crippen molar-refractivity contribution < 1.29 is 32.3 Å². The van der Waals surface area contributed by atoms with E-state index >= 15 is 0 Å². The van der Waals surface area contributed by atoms with Gasteiger partial charge in [0.25, 0.3) is 0 Å². The number of alkyl halides is 3. The molecule has 0 unspecified atom stereocenters. The average Bonchev–Trinajstić information content (AvgIpc) is 3.26. The molecule has 7 nitrogen and oxygen atoms in total. The van der Waals surface area contributed by atoms with Crippen LogP contribution in [0.1, 0.15) is 5.56 Å². The van der Waals surface area contributed by atoms with Crippen LogP contribution in [0.5, 0.6) is 0 Å². The molecule has 2 amide bonds. The van der Waals surface area contributed by atoms with Gasteiger partial charge in [0.1, 0.15) is 6.26 Å². The molecule has 0 saturated carbocycles. The fraction of sp³-hybridized carbons (Fsp3) is 0.353. The molecule has 2 aromatic rings. The van der Waals surface area contributed by atoms with Gasteiger partial charge in [-0.2, -0.15) is 13.2 Å². The number of nitrogens with zero attached hydrogens (tertiary/aromatic N) is 2. The number of aryl methyl sites for hydroxylation is 1. The van der Waals surface area contributed by atoms with Crippen molar-refractivity contribution in [1.29, 1.82) is 0 Å². The van der Waals surface area contributed by atoms with Crippen molar-refractivity contribution in [2.45, 2.75) is 13.1 Å². The first-order valence-electron chi connectivity index (χ1n) is 8.03. The highest BCUT2D eigenvalue weighted by molar-refractivity contribution is 5.91. The Morgan fingerprint density at radius 1 is 1.33 bits per heavy atom. The fourth-order valence-electron chi connectivity index (χ4n) is 3.00. The molecule has 2 heterocycles. The van der Waals surface area contributed by atoms with Crippen molar-refractivity contribution in [2.24, 2.45) is 11.8 Å². The molecule has 2 N–H and O–H groups in total. The van der Waals surface area contributed by atoms with Gasteiger partial charge in [-0.3, -0.25) is 4.79 Å². The smallest absolute Gasteiger partial charge is 0.394 e. The van der Waals surface area contributed by atoms with Crippen molar-refractivity contribution >= 4 is 17.7 Å². The van der Waals surface area contributed by atoms with Crippen molar-refractivity contribution in [3.05, 3.63) is 36.2 Å². The Kier molecular flexibility index (Phi) is 4.81. The summed E-state index contributed by atoms with van der Waals surface area (Å²) in [6, 6.07) is 4.23. The van der Waals surface area contributed by atoms with Crippen molar-refractivity contribution in [2.75, 3.05) is 18.4 Å². The van der Waals surface area contributed by atoms with Crippen LogP contribution in [0, 0.1) is 18.8 Å². The Morgan fingerprint density at radius 2 is 2.07 bits per heavy atom. The van der Waals surface area contributed by atoms with Crippen molar-refractivity contribution in [3.63, 3.8) is 0 Å². The predicted octanol–water partition coefficient (Wildman–Crippen LogP) is 3.38. The number of aliphatic carboxylic acids is 1. The summed E-state index contributed by atoms with van der Waals surface area (Å²) in [5.74, 6) is -5.03. The van der Waals surface area contributed by atoms with Crippen molar-refractivity contribution in [1.82, 2.24) is 9.88 Å². The Bertz CT molecular complexity index is 852. The van der Waals surface area contributed by atoms with Crippen LogP contribution in [0.4, 0.5) is 23.7 Å². The van der Waals surface area contributed by atoms with E-state index in [0.717, 1.165) is 4.90 Å². The minimum atomic E-state index is -4.70.